The smallest absolute Gasteiger partial charge is 0.326 e. The molecule has 0 bridgehead atoms. The normalized spacial score (nSPS) is 11.7. The number of carbonyl (C=O) groups is 2. The van der Waals surface area contributed by atoms with Gasteiger partial charge in [0.2, 0.25) is 5.76 Å². The van der Waals surface area contributed by atoms with E-state index in [1.54, 1.807) is 48.5 Å². The average Bonchev–Trinajstić information content (AvgIpc) is 3.29. The molecule has 1 unspecified atom stereocenters. The lowest BCUT2D eigenvalue weighted by atomic mass is 10.0. The van der Waals surface area contributed by atoms with E-state index in [1.807, 2.05) is 48.5 Å². The van der Waals surface area contributed by atoms with Gasteiger partial charge >= 0.3 is 5.97 Å². The third kappa shape index (κ3) is 6.05. The number of nitrogens with one attached hydrogen (secondary N) is 1. The molecule has 0 fully saturated rings. The van der Waals surface area contributed by atoms with Crippen LogP contribution in [0.4, 0.5) is 5.69 Å². The fraction of sp³-hybridized carbons (Fsp3) is 0.0968. The van der Waals surface area contributed by atoms with Crippen molar-refractivity contribution in [2.24, 2.45) is 0 Å². The molecule has 39 heavy (non-hydrogen) atoms. The first-order chi connectivity index (χ1) is 18.9. The van der Waals surface area contributed by atoms with Gasteiger partial charge in [-0.15, -0.1) is 0 Å². The molecule has 196 valence electrons. The lowest BCUT2D eigenvalue weighted by Gasteiger charge is -2.14. The van der Waals surface area contributed by atoms with E-state index in [1.165, 1.54) is 0 Å². The molecule has 0 radical (unpaired) electrons. The maximum absolute atomic E-state index is 13.0. The second-order valence-corrected chi connectivity index (χ2v) is 9.49. The SMILES string of the molecule is Nc1c(C(=O)NC(Cc2ccc(OCc3ccccc3)cc2)C(=O)O)oc2cc(-c3ccc(Cl)cc3)ccc12. The number of nitrogens with two attached hydrogens (primary N) is 1. The van der Waals surface area contributed by atoms with E-state index < -0.39 is 17.9 Å². The van der Waals surface area contributed by atoms with Crippen molar-refractivity contribution in [1.29, 1.82) is 0 Å². The molecule has 1 aromatic heterocycles. The number of rotatable bonds is 9. The number of aliphatic carboxylic acids is 1. The van der Waals surface area contributed by atoms with Gasteiger partial charge in [-0.25, -0.2) is 4.79 Å². The number of carboxylic acids is 1. The third-order valence-electron chi connectivity index (χ3n) is 6.33. The third-order valence-corrected chi connectivity index (χ3v) is 6.58. The summed E-state index contributed by atoms with van der Waals surface area (Å²) in [6.45, 7) is 0.425. The quantitative estimate of drug-likeness (QED) is 0.201. The van der Waals surface area contributed by atoms with E-state index in [4.69, 9.17) is 26.5 Å². The van der Waals surface area contributed by atoms with E-state index in [9.17, 15) is 14.7 Å². The molecular weight excluding hydrogens is 516 g/mol. The van der Waals surface area contributed by atoms with Crippen LogP contribution >= 0.6 is 11.6 Å². The Bertz CT molecular complexity index is 1610. The summed E-state index contributed by atoms with van der Waals surface area (Å²) in [5.41, 5.74) is 10.3. The molecule has 0 aliphatic heterocycles. The minimum Gasteiger partial charge on any atom is -0.489 e. The molecule has 1 heterocycles. The van der Waals surface area contributed by atoms with E-state index in [0.717, 1.165) is 22.3 Å². The van der Waals surface area contributed by atoms with E-state index in [2.05, 4.69) is 5.32 Å². The van der Waals surface area contributed by atoms with Crippen LogP contribution in [0.2, 0.25) is 5.02 Å². The van der Waals surface area contributed by atoms with Crippen LogP contribution in [-0.2, 0) is 17.8 Å². The fourth-order valence-corrected chi connectivity index (χ4v) is 4.36. The van der Waals surface area contributed by atoms with Crippen LogP contribution in [0.15, 0.2) is 101 Å². The van der Waals surface area contributed by atoms with Gasteiger partial charge in [-0.3, -0.25) is 4.79 Å². The maximum atomic E-state index is 13.0. The summed E-state index contributed by atoms with van der Waals surface area (Å²) in [7, 11) is 0. The topological polar surface area (TPSA) is 115 Å². The second-order valence-electron chi connectivity index (χ2n) is 9.05. The van der Waals surface area contributed by atoms with Crippen molar-refractivity contribution in [3.05, 3.63) is 119 Å². The van der Waals surface area contributed by atoms with Crippen LogP contribution in [0.25, 0.3) is 22.1 Å². The van der Waals surface area contributed by atoms with Gasteiger partial charge in [0.05, 0.1) is 5.69 Å². The highest BCUT2D eigenvalue weighted by molar-refractivity contribution is 6.30. The molecular formula is C31H25ClN2O5. The first-order valence-electron chi connectivity index (χ1n) is 12.2. The van der Waals surface area contributed by atoms with Crippen molar-refractivity contribution >= 4 is 40.1 Å². The molecule has 4 aromatic carbocycles. The monoisotopic (exact) mass is 540 g/mol. The molecule has 1 amide bonds. The van der Waals surface area contributed by atoms with Crippen molar-refractivity contribution in [2.75, 3.05) is 5.73 Å². The molecule has 0 aliphatic carbocycles. The Morgan fingerprint density at radius 3 is 2.28 bits per heavy atom. The number of ether oxygens (including phenoxy) is 1. The largest absolute Gasteiger partial charge is 0.489 e. The van der Waals surface area contributed by atoms with Crippen molar-refractivity contribution in [2.45, 2.75) is 19.1 Å². The van der Waals surface area contributed by atoms with Gasteiger partial charge in [0.25, 0.3) is 5.91 Å². The van der Waals surface area contributed by atoms with Crippen LogP contribution in [-0.4, -0.2) is 23.0 Å². The number of nitrogen functional groups attached to an aromatic ring is 1. The zero-order chi connectivity index (χ0) is 27.4. The number of furan rings is 1. The van der Waals surface area contributed by atoms with Gasteiger partial charge in [0.15, 0.2) is 0 Å². The fourth-order valence-electron chi connectivity index (χ4n) is 4.23. The Morgan fingerprint density at radius 1 is 0.897 bits per heavy atom. The molecule has 4 N–H and O–H groups in total. The highest BCUT2D eigenvalue weighted by atomic mass is 35.5. The van der Waals surface area contributed by atoms with Crippen LogP contribution in [0.5, 0.6) is 5.75 Å². The Morgan fingerprint density at radius 2 is 1.59 bits per heavy atom. The number of hydrogen-bond acceptors (Lipinski definition) is 5. The predicted molar refractivity (Wildman–Crippen MR) is 151 cm³/mol. The number of hydrogen-bond donors (Lipinski definition) is 3. The Kier molecular flexibility index (Phi) is 7.52. The summed E-state index contributed by atoms with van der Waals surface area (Å²) in [5.74, 6) is -1.35. The molecule has 0 aliphatic rings. The number of carbonyl (C=O) groups excluding carboxylic acids is 1. The van der Waals surface area contributed by atoms with Gasteiger partial charge < -0.3 is 25.3 Å². The van der Waals surface area contributed by atoms with Gasteiger partial charge in [0, 0.05) is 16.8 Å². The molecule has 5 rings (SSSR count). The van der Waals surface area contributed by atoms with Crippen molar-refractivity contribution < 1.29 is 23.8 Å². The first kappa shape index (κ1) is 25.9. The van der Waals surface area contributed by atoms with Crippen LogP contribution in [0.3, 0.4) is 0 Å². The number of amides is 1. The minimum atomic E-state index is -1.19. The molecule has 5 aromatic rings. The van der Waals surface area contributed by atoms with Crippen molar-refractivity contribution in [1.82, 2.24) is 5.32 Å². The number of carboxylic acid groups (broad SMARTS) is 1. The standard InChI is InChI=1S/C31H25ClN2O5/c32-23-11-8-21(9-12-23)22-10-15-25-27(17-22)39-29(28(25)33)30(35)34-26(31(36)37)16-19-6-13-24(14-7-19)38-18-20-4-2-1-3-5-20/h1-15,17,26H,16,18,33H2,(H,34,35)(H,36,37). The zero-order valence-corrected chi connectivity index (χ0v) is 21.5. The summed E-state index contributed by atoms with van der Waals surface area (Å²) < 4.78 is 11.6. The second kappa shape index (κ2) is 11.3. The molecule has 0 saturated carbocycles. The highest BCUT2D eigenvalue weighted by Crippen LogP contribution is 2.32. The summed E-state index contributed by atoms with van der Waals surface area (Å²) in [6, 6.07) is 28.4. The highest BCUT2D eigenvalue weighted by Gasteiger charge is 2.25. The van der Waals surface area contributed by atoms with Crippen molar-refractivity contribution in [3.63, 3.8) is 0 Å². The first-order valence-corrected chi connectivity index (χ1v) is 12.6. The van der Waals surface area contributed by atoms with Crippen molar-refractivity contribution in [3.8, 4) is 16.9 Å². The van der Waals surface area contributed by atoms with E-state index >= 15 is 0 Å². The Balaban J connectivity index is 1.27. The molecule has 8 heteroatoms. The Labute approximate surface area is 229 Å². The summed E-state index contributed by atoms with van der Waals surface area (Å²) in [6.07, 6.45) is 0.0703. The van der Waals surface area contributed by atoms with E-state index in [0.29, 0.717) is 28.3 Å². The van der Waals surface area contributed by atoms with Gasteiger partial charge in [-0.2, -0.15) is 0 Å². The molecule has 1 atom stereocenters. The predicted octanol–water partition coefficient (Wildman–Crippen LogP) is 6.34. The molecule has 0 spiro atoms. The number of anilines is 1. The van der Waals surface area contributed by atoms with Gasteiger partial charge in [0.1, 0.15) is 24.0 Å². The molecule has 7 nitrogen and oxygen atoms in total. The minimum absolute atomic E-state index is 0.0703. The summed E-state index contributed by atoms with van der Waals surface area (Å²) >= 11 is 5.98. The lowest BCUT2D eigenvalue weighted by Crippen LogP contribution is -2.42. The van der Waals surface area contributed by atoms with Crippen LogP contribution in [0, 0.1) is 0 Å². The van der Waals surface area contributed by atoms with Gasteiger partial charge in [-0.1, -0.05) is 72.3 Å². The number of halogens is 1. The van der Waals surface area contributed by atoms with Crippen LogP contribution in [0.1, 0.15) is 21.7 Å². The molecule has 0 saturated heterocycles. The summed E-state index contributed by atoms with van der Waals surface area (Å²) in [5, 5.41) is 13.5. The van der Waals surface area contributed by atoms with Gasteiger partial charge in [-0.05, 0) is 58.7 Å². The summed E-state index contributed by atoms with van der Waals surface area (Å²) in [4.78, 5) is 25.0. The lowest BCUT2D eigenvalue weighted by molar-refractivity contribution is -0.139. The average molecular weight is 541 g/mol. The zero-order valence-electron chi connectivity index (χ0n) is 20.8. The number of benzene rings is 4. The Hall–Kier alpha value is -4.75. The number of fused-ring (bicyclic) bond motifs is 1. The van der Waals surface area contributed by atoms with Crippen LogP contribution < -0.4 is 15.8 Å². The van der Waals surface area contributed by atoms with E-state index in [-0.39, 0.29) is 17.9 Å². The maximum Gasteiger partial charge on any atom is 0.326 e.